The lowest BCUT2D eigenvalue weighted by molar-refractivity contribution is 0.223. The Balaban J connectivity index is 1.58. The van der Waals surface area contributed by atoms with Crippen LogP contribution in [-0.4, -0.2) is 29.0 Å². The molecule has 3 aromatic carbocycles. The van der Waals surface area contributed by atoms with Crippen LogP contribution in [0.15, 0.2) is 78.6 Å². The Morgan fingerprint density at radius 3 is 2.42 bits per heavy atom. The van der Waals surface area contributed by atoms with Crippen molar-refractivity contribution in [3.63, 3.8) is 0 Å². The summed E-state index contributed by atoms with van der Waals surface area (Å²) in [5, 5.41) is 8.15. The van der Waals surface area contributed by atoms with Gasteiger partial charge < -0.3 is 19.5 Å². The summed E-state index contributed by atoms with van der Waals surface area (Å²) in [5.41, 5.74) is 6.44. The third-order valence-electron chi connectivity index (χ3n) is 6.95. The van der Waals surface area contributed by atoms with Crippen LogP contribution in [0.4, 0.5) is 5.95 Å². The molecular weight excluding hydrogens is 452 g/mol. The summed E-state index contributed by atoms with van der Waals surface area (Å²) in [4.78, 5) is 4.51. The van der Waals surface area contributed by atoms with Gasteiger partial charge in [-0.05, 0) is 46.9 Å². The molecule has 36 heavy (non-hydrogen) atoms. The monoisotopic (exact) mass is 480 g/mol. The Morgan fingerprint density at radius 2 is 1.67 bits per heavy atom. The molecular formula is C29H28N4O3. The van der Waals surface area contributed by atoms with Crippen LogP contribution in [0, 0.1) is 0 Å². The summed E-state index contributed by atoms with van der Waals surface area (Å²) in [7, 11) is 3.29. The zero-order valence-electron chi connectivity index (χ0n) is 20.7. The van der Waals surface area contributed by atoms with E-state index in [0.717, 1.165) is 33.7 Å². The summed E-state index contributed by atoms with van der Waals surface area (Å²) in [5.74, 6) is 3.30. The van der Waals surface area contributed by atoms with E-state index < -0.39 is 0 Å². The normalized spacial score (nSPS) is 18.0. The lowest BCUT2D eigenvalue weighted by atomic mass is 9.84. The van der Waals surface area contributed by atoms with Gasteiger partial charge in [0.05, 0.1) is 19.9 Å². The lowest BCUT2D eigenvalue weighted by Crippen LogP contribution is -2.32. The molecule has 1 aromatic heterocycles. The molecule has 182 valence electrons. The first-order valence-electron chi connectivity index (χ1n) is 12.1. The molecule has 0 spiro atoms. The number of hydrogen-bond acceptors (Lipinski definition) is 6. The van der Waals surface area contributed by atoms with Crippen molar-refractivity contribution in [3.05, 3.63) is 101 Å². The molecule has 0 bridgehead atoms. The van der Waals surface area contributed by atoms with Gasteiger partial charge in [-0.2, -0.15) is 10.1 Å². The maximum absolute atomic E-state index is 6.72. The van der Waals surface area contributed by atoms with Crippen molar-refractivity contribution in [1.29, 1.82) is 0 Å². The first-order chi connectivity index (χ1) is 17.6. The van der Waals surface area contributed by atoms with E-state index in [1.807, 2.05) is 41.1 Å². The maximum atomic E-state index is 6.72. The lowest BCUT2D eigenvalue weighted by Gasteiger charge is -2.39. The zero-order valence-corrected chi connectivity index (χ0v) is 20.7. The van der Waals surface area contributed by atoms with Crippen molar-refractivity contribution < 1.29 is 14.2 Å². The van der Waals surface area contributed by atoms with Gasteiger partial charge in [0.1, 0.15) is 24.2 Å². The molecule has 0 saturated heterocycles. The largest absolute Gasteiger partial charge is 0.493 e. The fourth-order valence-electron chi connectivity index (χ4n) is 5.09. The molecule has 2 atom stereocenters. The van der Waals surface area contributed by atoms with Crippen LogP contribution >= 0.6 is 0 Å². The summed E-state index contributed by atoms with van der Waals surface area (Å²) in [6.07, 6.45) is 1.26. The highest BCUT2D eigenvalue weighted by atomic mass is 16.5. The summed E-state index contributed by atoms with van der Waals surface area (Å²) in [6, 6.07) is 22.5. The Hall–Kier alpha value is -4.26. The van der Waals surface area contributed by atoms with Crippen molar-refractivity contribution in [2.24, 2.45) is 0 Å². The first-order valence-corrected chi connectivity index (χ1v) is 12.1. The van der Waals surface area contributed by atoms with Gasteiger partial charge in [0.15, 0.2) is 11.5 Å². The second-order valence-corrected chi connectivity index (χ2v) is 9.32. The predicted molar refractivity (Wildman–Crippen MR) is 139 cm³/mol. The molecule has 0 fully saturated rings. The molecule has 6 rings (SSSR count). The van der Waals surface area contributed by atoms with Crippen LogP contribution in [0.3, 0.4) is 0 Å². The van der Waals surface area contributed by atoms with Gasteiger partial charge in [0, 0.05) is 11.1 Å². The Morgan fingerprint density at radius 1 is 0.917 bits per heavy atom. The minimum absolute atomic E-state index is 0.262. The van der Waals surface area contributed by atoms with E-state index in [2.05, 4.69) is 59.6 Å². The van der Waals surface area contributed by atoms with Crippen molar-refractivity contribution in [1.82, 2.24) is 14.8 Å². The summed E-state index contributed by atoms with van der Waals surface area (Å²) >= 11 is 0. The van der Waals surface area contributed by atoms with Crippen molar-refractivity contribution in [2.75, 3.05) is 19.5 Å². The highest BCUT2D eigenvalue weighted by molar-refractivity contribution is 5.85. The highest BCUT2D eigenvalue weighted by Gasteiger charge is 2.41. The Bertz CT molecular complexity index is 1460. The van der Waals surface area contributed by atoms with Gasteiger partial charge in [0.25, 0.3) is 0 Å². The Labute approximate surface area is 210 Å². The third-order valence-corrected chi connectivity index (χ3v) is 6.95. The molecule has 0 unspecified atom stereocenters. The van der Waals surface area contributed by atoms with E-state index >= 15 is 0 Å². The van der Waals surface area contributed by atoms with Crippen LogP contribution in [-0.2, 0) is 0 Å². The van der Waals surface area contributed by atoms with Gasteiger partial charge in [-0.25, -0.2) is 4.68 Å². The van der Waals surface area contributed by atoms with Crippen molar-refractivity contribution in [3.8, 4) is 17.2 Å². The number of benzene rings is 3. The molecule has 1 N–H and O–H groups in total. The molecule has 7 heteroatoms. The number of para-hydroxylation sites is 1. The van der Waals surface area contributed by atoms with Crippen molar-refractivity contribution in [2.45, 2.75) is 31.9 Å². The minimum atomic E-state index is -0.320. The van der Waals surface area contributed by atoms with E-state index in [4.69, 9.17) is 14.2 Å². The highest BCUT2D eigenvalue weighted by Crippen LogP contribution is 2.51. The average Bonchev–Trinajstić information content (AvgIpc) is 3.39. The van der Waals surface area contributed by atoms with E-state index in [1.54, 1.807) is 20.5 Å². The number of nitrogens with zero attached hydrogens (tertiary/aromatic N) is 3. The van der Waals surface area contributed by atoms with Gasteiger partial charge in [-0.3, -0.25) is 0 Å². The number of fused-ring (bicyclic) bond motifs is 3. The van der Waals surface area contributed by atoms with Crippen LogP contribution < -0.4 is 19.5 Å². The second kappa shape index (κ2) is 8.75. The molecule has 3 heterocycles. The Kier molecular flexibility index (Phi) is 5.40. The maximum Gasteiger partial charge on any atom is 0.226 e. The van der Waals surface area contributed by atoms with Crippen LogP contribution in [0.25, 0.3) is 5.70 Å². The van der Waals surface area contributed by atoms with E-state index in [1.165, 1.54) is 5.56 Å². The molecule has 0 radical (unpaired) electrons. The van der Waals surface area contributed by atoms with Crippen LogP contribution in [0.5, 0.6) is 17.2 Å². The standard InChI is InChI=1S/C29H28N4O3/c1-17(2)18-9-11-19(12-10-18)28-25-26(21-7-5-6-8-22(21)36-28)32-29-30-16-31-33(29)27(25)20-13-14-23(34-3)24(15-20)35-4/h5-17,27-28H,1-4H3,(H,30,31,32)/t27-,28-/m1/s1. The molecule has 4 aromatic rings. The number of rotatable bonds is 5. The van der Waals surface area contributed by atoms with E-state index in [-0.39, 0.29) is 12.1 Å². The van der Waals surface area contributed by atoms with Crippen molar-refractivity contribution >= 4 is 11.6 Å². The SMILES string of the molecule is COc1ccc([C@@H]2C3=C(Nc4ncnn42)c2ccccc2O[C@@H]3c2ccc(C(C)C)cc2)cc1OC. The topological polar surface area (TPSA) is 70.4 Å². The summed E-state index contributed by atoms with van der Waals surface area (Å²) in [6.45, 7) is 4.40. The molecule has 0 saturated carbocycles. The fourth-order valence-corrected chi connectivity index (χ4v) is 5.09. The quantitative estimate of drug-likeness (QED) is 0.379. The van der Waals surface area contributed by atoms with Gasteiger partial charge in [0.2, 0.25) is 5.95 Å². The van der Waals surface area contributed by atoms with Crippen LogP contribution in [0.2, 0.25) is 0 Å². The molecule has 2 aliphatic rings. The van der Waals surface area contributed by atoms with Crippen LogP contribution in [0.1, 0.15) is 54.2 Å². The smallest absolute Gasteiger partial charge is 0.226 e. The zero-order chi connectivity index (χ0) is 24.8. The number of nitrogens with one attached hydrogen (secondary N) is 1. The average molecular weight is 481 g/mol. The van der Waals surface area contributed by atoms with E-state index in [9.17, 15) is 0 Å². The number of anilines is 1. The molecule has 0 amide bonds. The van der Waals surface area contributed by atoms with Gasteiger partial charge in [-0.15, -0.1) is 0 Å². The van der Waals surface area contributed by atoms with Gasteiger partial charge in [-0.1, -0.05) is 56.3 Å². The number of hydrogen-bond donors (Lipinski definition) is 1. The van der Waals surface area contributed by atoms with Gasteiger partial charge >= 0.3 is 0 Å². The molecule has 0 aliphatic carbocycles. The number of ether oxygens (including phenoxy) is 3. The summed E-state index contributed by atoms with van der Waals surface area (Å²) < 4.78 is 19.8. The second-order valence-electron chi connectivity index (χ2n) is 9.32. The predicted octanol–water partition coefficient (Wildman–Crippen LogP) is 5.98. The third kappa shape index (κ3) is 3.50. The molecule has 7 nitrogen and oxygen atoms in total. The number of methoxy groups -OCH3 is 2. The number of aromatic nitrogens is 3. The minimum Gasteiger partial charge on any atom is -0.493 e. The first kappa shape index (κ1) is 22.2. The fraction of sp³-hybridized carbons (Fsp3) is 0.241. The molecule has 2 aliphatic heterocycles. The van der Waals surface area contributed by atoms with E-state index in [0.29, 0.717) is 23.4 Å².